The minimum atomic E-state index is -0.0564. The lowest BCUT2D eigenvalue weighted by Crippen LogP contribution is -2.51. The maximum Gasteiger partial charge on any atom is 0.139 e. The van der Waals surface area contributed by atoms with Crippen LogP contribution >= 0.6 is 0 Å². The molecule has 4 aliphatic rings. The topological polar surface area (TPSA) is 34.1 Å². The molecule has 0 aromatic heterocycles. The Bertz CT molecular complexity index is 534. The zero-order valence-electron chi connectivity index (χ0n) is 13.2. The smallest absolute Gasteiger partial charge is 0.139 e. The van der Waals surface area contributed by atoms with Crippen molar-refractivity contribution in [3.05, 3.63) is 12.2 Å². The molecule has 4 rings (SSSR count). The van der Waals surface area contributed by atoms with Gasteiger partial charge in [0, 0.05) is 24.7 Å². The summed E-state index contributed by atoms with van der Waals surface area (Å²) in [6.07, 6.45) is 11.4. The second kappa shape index (κ2) is 4.30. The Hall–Kier alpha value is -0.920. The zero-order chi connectivity index (χ0) is 14.8. The monoisotopic (exact) mass is 286 g/mol. The van der Waals surface area contributed by atoms with Crippen molar-refractivity contribution in [2.24, 2.45) is 34.5 Å². The van der Waals surface area contributed by atoms with Crippen LogP contribution in [0, 0.1) is 34.5 Å². The van der Waals surface area contributed by atoms with Gasteiger partial charge in [-0.2, -0.15) is 0 Å². The highest BCUT2D eigenvalue weighted by Crippen LogP contribution is 2.63. The van der Waals surface area contributed by atoms with E-state index in [0.29, 0.717) is 40.7 Å². The number of ketones is 2. The summed E-state index contributed by atoms with van der Waals surface area (Å²) in [6, 6.07) is 0. The number of hydrogen-bond acceptors (Lipinski definition) is 2. The fourth-order valence-corrected chi connectivity index (χ4v) is 6.19. The summed E-state index contributed by atoms with van der Waals surface area (Å²) in [6.45, 7) is 4.64. The average Bonchev–Trinajstić information content (AvgIpc) is 2.76. The molecule has 0 amide bonds. The van der Waals surface area contributed by atoms with Gasteiger partial charge in [-0.15, -0.1) is 0 Å². The maximum absolute atomic E-state index is 12.3. The van der Waals surface area contributed by atoms with Crippen LogP contribution in [-0.4, -0.2) is 11.6 Å². The predicted octanol–water partition coefficient (Wildman–Crippen LogP) is 3.94. The highest BCUT2D eigenvalue weighted by molar-refractivity contribution is 5.87. The molecule has 0 aromatic rings. The molecule has 0 spiro atoms. The first kappa shape index (κ1) is 13.7. The summed E-state index contributed by atoms with van der Waals surface area (Å²) in [5.74, 6) is 3.20. The fourth-order valence-electron chi connectivity index (χ4n) is 6.19. The molecule has 4 aliphatic carbocycles. The molecule has 6 atom stereocenters. The van der Waals surface area contributed by atoms with Gasteiger partial charge in [0.05, 0.1) is 0 Å². The normalized spacial score (nSPS) is 52.3. The van der Waals surface area contributed by atoms with Gasteiger partial charge in [0.1, 0.15) is 11.6 Å². The third-order valence-electron chi connectivity index (χ3n) is 7.69. The molecule has 0 radical (unpaired) electrons. The maximum atomic E-state index is 12.3. The van der Waals surface area contributed by atoms with Crippen molar-refractivity contribution in [2.75, 3.05) is 0 Å². The summed E-state index contributed by atoms with van der Waals surface area (Å²) in [7, 11) is 0. The summed E-state index contributed by atoms with van der Waals surface area (Å²) < 4.78 is 0. The van der Waals surface area contributed by atoms with Crippen molar-refractivity contribution < 1.29 is 9.59 Å². The Balaban J connectivity index is 1.71. The Morgan fingerprint density at radius 1 is 1.00 bits per heavy atom. The fraction of sp³-hybridized carbons (Fsp3) is 0.789. The molecule has 114 valence electrons. The molecular weight excluding hydrogens is 260 g/mol. The van der Waals surface area contributed by atoms with Crippen LogP contribution in [0.3, 0.4) is 0 Å². The lowest BCUT2D eigenvalue weighted by molar-refractivity contribution is -0.134. The average molecular weight is 286 g/mol. The van der Waals surface area contributed by atoms with Crippen molar-refractivity contribution in [3.63, 3.8) is 0 Å². The molecule has 3 fully saturated rings. The second-order valence-electron chi connectivity index (χ2n) is 8.45. The van der Waals surface area contributed by atoms with Crippen LogP contribution in [0.5, 0.6) is 0 Å². The van der Waals surface area contributed by atoms with Gasteiger partial charge in [0.2, 0.25) is 0 Å². The standard InChI is InChI=1S/C19H26O2/c1-18-9-7-13(20)11-12(18)3-4-14-15-5-6-17(21)19(15,2)10-8-16(14)18/h3-4,12,14-16H,5-11H2,1-2H3/t12?,14-,15-,16+,18-,19-/m0/s1. The quantitative estimate of drug-likeness (QED) is 0.632. The van der Waals surface area contributed by atoms with Crippen molar-refractivity contribution in [2.45, 2.75) is 58.8 Å². The Morgan fingerprint density at radius 3 is 2.62 bits per heavy atom. The number of hydrogen-bond donors (Lipinski definition) is 0. The van der Waals surface area contributed by atoms with Crippen molar-refractivity contribution in [1.29, 1.82) is 0 Å². The summed E-state index contributed by atoms with van der Waals surface area (Å²) in [5.41, 5.74) is 0.236. The number of fused-ring (bicyclic) bond motifs is 5. The van der Waals surface area contributed by atoms with Gasteiger partial charge in [-0.1, -0.05) is 26.0 Å². The van der Waals surface area contributed by atoms with Crippen molar-refractivity contribution >= 4 is 11.6 Å². The first-order chi connectivity index (χ1) is 9.95. The molecule has 3 saturated carbocycles. The van der Waals surface area contributed by atoms with Gasteiger partial charge in [0.15, 0.2) is 0 Å². The van der Waals surface area contributed by atoms with Crippen LogP contribution in [0.25, 0.3) is 0 Å². The van der Waals surface area contributed by atoms with E-state index in [1.807, 2.05) is 0 Å². The second-order valence-corrected chi connectivity index (χ2v) is 8.45. The van der Waals surface area contributed by atoms with Crippen LogP contribution in [-0.2, 0) is 9.59 Å². The van der Waals surface area contributed by atoms with Gasteiger partial charge in [-0.3, -0.25) is 9.59 Å². The first-order valence-corrected chi connectivity index (χ1v) is 8.68. The highest BCUT2D eigenvalue weighted by atomic mass is 16.1. The minimum Gasteiger partial charge on any atom is -0.300 e. The number of allylic oxidation sites excluding steroid dienone is 2. The van der Waals surface area contributed by atoms with Crippen LogP contribution in [0.1, 0.15) is 58.8 Å². The van der Waals surface area contributed by atoms with Gasteiger partial charge in [0.25, 0.3) is 0 Å². The molecule has 0 saturated heterocycles. The van der Waals surface area contributed by atoms with Crippen LogP contribution in [0.4, 0.5) is 0 Å². The molecule has 21 heavy (non-hydrogen) atoms. The van der Waals surface area contributed by atoms with Crippen LogP contribution < -0.4 is 0 Å². The number of Topliss-reactive ketones (excluding diaryl/α,β-unsaturated/α-hetero) is 2. The number of carbonyl (C=O) groups excluding carboxylic acids is 2. The number of rotatable bonds is 0. The van der Waals surface area contributed by atoms with Crippen molar-refractivity contribution in [1.82, 2.24) is 0 Å². The molecule has 0 aliphatic heterocycles. The third-order valence-corrected chi connectivity index (χ3v) is 7.69. The first-order valence-electron chi connectivity index (χ1n) is 8.68. The third kappa shape index (κ3) is 1.71. The molecule has 2 heteroatoms. The summed E-state index contributed by atoms with van der Waals surface area (Å²) >= 11 is 0. The summed E-state index contributed by atoms with van der Waals surface area (Å²) in [4.78, 5) is 24.2. The SMILES string of the molecule is C[C@]12CCC(=O)CC1C=C[C@@H]1[C@H]2CC[C@]2(C)C(=O)CC[C@@H]12. The molecule has 1 unspecified atom stereocenters. The van der Waals surface area contributed by atoms with E-state index in [9.17, 15) is 9.59 Å². The summed E-state index contributed by atoms with van der Waals surface area (Å²) in [5, 5.41) is 0. The lowest BCUT2D eigenvalue weighted by Gasteiger charge is -2.56. The van der Waals surface area contributed by atoms with Gasteiger partial charge >= 0.3 is 0 Å². The van der Waals surface area contributed by atoms with Gasteiger partial charge in [-0.05, 0) is 54.8 Å². The molecule has 2 nitrogen and oxygen atoms in total. The van der Waals surface area contributed by atoms with Crippen LogP contribution in [0.2, 0.25) is 0 Å². The number of carbonyl (C=O) groups is 2. The minimum absolute atomic E-state index is 0.0564. The van der Waals surface area contributed by atoms with E-state index in [1.165, 1.54) is 6.42 Å². The predicted molar refractivity (Wildman–Crippen MR) is 81.6 cm³/mol. The lowest BCUT2D eigenvalue weighted by atomic mass is 9.47. The Kier molecular flexibility index (Phi) is 2.81. The van der Waals surface area contributed by atoms with Gasteiger partial charge in [-0.25, -0.2) is 0 Å². The van der Waals surface area contributed by atoms with E-state index in [-0.39, 0.29) is 5.41 Å². The van der Waals surface area contributed by atoms with E-state index < -0.39 is 0 Å². The molecule has 0 bridgehead atoms. The van der Waals surface area contributed by atoms with E-state index in [0.717, 1.165) is 38.5 Å². The molecule has 0 heterocycles. The molecule has 0 aromatic carbocycles. The van der Waals surface area contributed by atoms with Crippen molar-refractivity contribution in [3.8, 4) is 0 Å². The molecular formula is C19H26O2. The van der Waals surface area contributed by atoms with E-state index in [1.54, 1.807) is 0 Å². The largest absolute Gasteiger partial charge is 0.300 e. The van der Waals surface area contributed by atoms with Gasteiger partial charge < -0.3 is 0 Å². The van der Waals surface area contributed by atoms with E-state index in [2.05, 4.69) is 26.0 Å². The van der Waals surface area contributed by atoms with E-state index in [4.69, 9.17) is 0 Å². The highest BCUT2D eigenvalue weighted by Gasteiger charge is 2.58. The molecule has 0 N–H and O–H groups in total. The Labute approximate surface area is 127 Å². The Morgan fingerprint density at radius 2 is 1.81 bits per heavy atom. The van der Waals surface area contributed by atoms with E-state index >= 15 is 0 Å². The zero-order valence-corrected chi connectivity index (χ0v) is 13.2. The van der Waals surface area contributed by atoms with Crippen LogP contribution in [0.15, 0.2) is 12.2 Å².